The number of esters is 2. The summed E-state index contributed by atoms with van der Waals surface area (Å²) in [7, 11) is -4.33. The van der Waals surface area contributed by atoms with E-state index in [0.29, 0.717) is 17.6 Å². The molecule has 30 heavy (non-hydrogen) atoms. The highest BCUT2D eigenvalue weighted by molar-refractivity contribution is 7.86. The first-order chi connectivity index (χ1) is 13.7. The van der Waals surface area contributed by atoms with Crippen LogP contribution in [0, 0.1) is 0 Å². The Labute approximate surface area is 181 Å². The smallest absolute Gasteiger partial charge is 0.333 e. The van der Waals surface area contributed by atoms with Crippen LogP contribution in [0.2, 0.25) is 0 Å². The Kier molecular flexibility index (Phi) is 12.1. The molecule has 0 aliphatic rings. The number of hydrogen-bond donors (Lipinski definition) is 1. The molecular weight excluding hydrogens is 410 g/mol. The lowest BCUT2D eigenvalue weighted by atomic mass is 10.1. The van der Waals surface area contributed by atoms with Gasteiger partial charge in [0.1, 0.15) is 11.9 Å². The fourth-order valence-electron chi connectivity index (χ4n) is 3.34. The Hall–Kier alpha value is -1.71. The molecule has 8 nitrogen and oxygen atoms in total. The maximum Gasteiger partial charge on any atom is 0.333 e. The van der Waals surface area contributed by atoms with Gasteiger partial charge in [-0.3, -0.25) is 9.45 Å². The molecule has 0 radical (unpaired) electrons. The second-order valence-corrected chi connectivity index (χ2v) is 9.49. The third-order valence-corrected chi connectivity index (χ3v) is 6.06. The highest BCUT2D eigenvalue weighted by atomic mass is 32.2. The molecular formula is C21H37NO7S. The molecule has 0 aliphatic carbocycles. The van der Waals surface area contributed by atoms with Gasteiger partial charge < -0.3 is 9.47 Å². The summed E-state index contributed by atoms with van der Waals surface area (Å²) in [5.74, 6) is -1.09. The average Bonchev–Trinajstić information content (AvgIpc) is 2.60. The third-order valence-electron chi connectivity index (χ3n) is 4.65. The molecule has 0 spiro atoms. The second-order valence-electron chi connectivity index (χ2n) is 7.85. The molecule has 0 heterocycles. The molecule has 0 aromatic carbocycles. The van der Waals surface area contributed by atoms with E-state index in [2.05, 4.69) is 6.58 Å². The summed E-state index contributed by atoms with van der Waals surface area (Å²) in [5.41, 5.74) is 0.617. The Bertz CT molecular complexity index is 718. The predicted molar refractivity (Wildman–Crippen MR) is 117 cm³/mol. The first-order valence-corrected chi connectivity index (χ1v) is 11.6. The number of carbonyl (C=O) groups excluding carboxylic acids is 2. The lowest BCUT2D eigenvalue weighted by molar-refractivity contribution is -0.141. The van der Waals surface area contributed by atoms with E-state index in [1.54, 1.807) is 26.8 Å². The molecule has 0 aliphatic heterocycles. The average molecular weight is 448 g/mol. The van der Waals surface area contributed by atoms with Crippen molar-refractivity contribution in [1.29, 1.82) is 0 Å². The first-order valence-electron chi connectivity index (χ1n) is 10.1. The van der Waals surface area contributed by atoms with E-state index >= 15 is 0 Å². The molecule has 2 atom stereocenters. The Morgan fingerprint density at radius 1 is 1.07 bits per heavy atom. The quantitative estimate of drug-likeness (QED) is 0.198. The van der Waals surface area contributed by atoms with Crippen LogP contribution in [-0.4, -0.2) is 66.4 Å². The van der Waals surface area contributed by atoms with Crippen molar-refractivity contribution in [3.8, 4) is 0 Å². The Morgan fingerprint density at radius 3 is 2.00 bits per heavy atom. The zero-order valence-electron chi connectivity index (χ0n) is 19.2. The van der Waals surface area contributed by atoms with Gasteiger partial charge in [0.25, 0.3) is 10.1 Å². The minimum Gasteiger partial charge on any atom is -0.462 e. The van der Waals surface area contributed by atoms with Crippen molar-refractivity contribution in [2.45, 2.75) is 84.7 Å². The van der Waals surface area contributed by atoms with Crippen LogP contribution in [0.4, 0.5) is 0 Å². The van der Waals surface area contributed by atoms with Crippen LogP contribution in [0.5, 0.6) is 0 Å². The number of carbonyl (C=O) groups is 2. The fourth-order valence-corrected chi connectivity index (χ4v) is 4.37. The van der Waals surface area contributed by atoms with Crippen LogP contribution < -0.4 is 0 Å². The van der Waals surface area contributed by atoms with Gasteiger partial charge in [-0.1, -0.05) is 19.6 Å². The molecule has 0 amide bonds. The minimum absolute atomic E-state index is 0.0239. The SMILES string of the molecule is C=C(C)C(=O)OCCC=C(C)C(=O)OCC(C(CC)S(=O)(=O)O)N(C(C)C)C(C)C. The van der Waals surface area contributed by atoms with E-state index in [9.17, 15) is 22.6 Å². The van der Waals surface area contributed by atoms with Gasteiger partial charge >= 0.3 is 11.9 Å². The summed E-state index contributed by atoms with van der Waals surface area (Å²) in [5, 5.41) is -1.08. The summed E-state index contributed by atoms with van der Waals surface area (Å²) in [6.07, 6.45) is 2.10. The number of rotatable bonds is 13. The summed E-state index contributed by atoms with van der Waals surface area (Å²) in [4.78, 5) is 25.6. The topological polar surface area (TPSA) is 110 Å². The normalized spacial score (nSPS) is 14.7. The van der Waals surface area contributed by atoms with Gasteiger partial charge in [0.15, 0.2) is 0 Å². The maximum absolute atomic E-state index is 12.4. The number of nitrogens with zero attached hydrogens (tertiary/aromatic N) is 1. The van der Waals surface area contributed by atoms with Gasteiger partial charge in [-0.15, -0.1) is 0 Å². The van der Waals surface area contributed by atoms with Crippen LogP contribution in [0.3, 0.4) is 0 Å². The van der Waals surface area contributed by atoms with Crippen molar-refractivity contribution in [3.63, 3.8) is 0 Å². The van der Waals surface area contributed by atoms with Crippen molar-refractivity contribution in [3.05, 3.63) is 23.8 Å². The van der Waals surface area contributed by atoms with E-state index in [1.165, 1.54) is 0 Å². The largest absolute Gasteiger partial charge is 0.462 e. The van der Waals surface area contributed by atoms with E-state index in [-0.39, 0.29) is 31.7 Å². The second kappa shape index (κ2) is 12.9. The van der Waals surface area contributed by atoms with Gasteiger partial charge in [0, 0.05) is 29.7 Å². The monoisotopic (exact) mass is 447 g/mol. The summed E-state index contributed by atoms with van der Waals surface area (Å²) in [6, 6.07) is -0.744. The van der Waals surface area contributed by atoms with Gasteiger partial charge in [0.2, 0.25) is 0 Å². The highest BCUT2D eigenvalue weighted by Gasteiger charge is 2.38. The first kappa shape index (κ1) is 28.3. The van der Waals surface area contributed by atoms with Crippen molar-refractivity contribution in [2.24, 2.45) is 0 Å². The van der Waals surface area contributed by atoms with Crippen LogP contribution >= 0.6 is 0 Å². The molecule has 174 valence electrons. The molecule has 2 unspecified atom stereocenters. The predicted octanol–water partition coefficient (Wildman–Crippen LogP) is 3.14. The number of ether oxygens (including phenoxy) is 2. The van der Waals surface area contributed by atoms with Crippen molar-refractivity contribution in [1.82, 2.24) is 4.90 Å². The molecule has 0 fully saturated rings. The maximum atomic E-state index is 12.4. The van der Waals surface area contributed by atoms with Gasteiger partial charge in [0.05, 0.1) is 12.6 Å². The van der Waals surface area contributed by atoms with Crippen molar-refractivity contribution >= 4 is 22.1 Å². The van der Waals surface area contributed by atoms with Gasteiger partial charge in [-0.2, -0.15) is 8.42 Å². The lowest BCUT2D eigenvalue weighted by Crippen LogP contribution is -2.55. The summed E-state index contributed by atoms with van der Waals surface area (Å²) in [6.45, 7) is 15.9. The summed E-state index contributed by atoms with van der Waals surface area (Å²) >= 11 is 0. The van der Waals surface area contributed by atoms with Gasteiger partial charge in [-0.05, 0) is 48.0 Å². The van der Waals surface area contributed by atoms with E-state index in [1.807, 2.05) is 32.6 Å². The number of hydrogen-bond acceptors (Lipinski definition) is 7. The Balaban J connectivity index is 5.25. The molecule has 0 bridgehead atoms. The van der Waals surface area contributed by atoms with Crippen LogP contribution in [0.15, 0.2) is 23.8 Å². The molecule has 0 aromatic rings. The zero-order valence-corrected chi connectivity index (χ0v) is 20.0. The molecule has 1 N–H and O–H groups in total. The van der Waals surface area contributed by atoms with Crippen LogP contribution in [0.25, 0.3) is 0 Å². The third kappa shape index (κ3) is 9.40. The minimum atomic E-state index is -4.33. The molecule has 0 aromatic heterocycles. The van der Waals surface area contributed by atoms with E-state index < -0.39 is 33.3 Å². The molecule has 0 saturated carbocycles. The van der Waals surface area contributed by atoms with Crippen LogP contribution in [0.1, 0.15) is 61.3 Å². The molecule has 0 rings (SSSR count). The zero-order chi connectivity index (χ0) is 23.6. The van der Waals surface area contributed by atoms with Crippen molar-refractivity contribution in [2.75, 3.05) is 13.2 Å². The van der Waals surface area contributed by atoms with Crippen LogP contribution in [-0.2, 0) is 29.2 Å². The molecule has 9 heteroatoms. The van der Waals surface area contributed by atoms with Gasteiger partial charge in [-0.25, -0.2) is 9.59 Å². The standard InChI is InChI=1S/C21H37NO7S/c1-9-19(30(25,26)27)18(22(15(4)5)16(6)7)13-29-21(24)17(8)11-10-12-28-20(23)14(2)3/h11,15-16,18-19H,2,9-10,12-13H2,1,3-8H3,(H,25,26,27). The lowest BCUT2D eigenvalue weighted by Gasteiger charge is -2.40. The van der Waals surface area contributed by atoms with Crippen molar-refractivity contribution < 1.29 is 32.0 Å². The van der Waals surface area contributed by atoms with E-state index in [0.717, 1.165) is 0 Å². The summed E-state index contributed by atoms with van der Waals surface area (Å²) < 4.78 is 43.9. The Morgan fingerprint density at radius 2 is 1.60 bits per heavy atom. The van der Waals surface area contributed by atoms with E-state index in [4.69, 9.17) is 9.47 Å². The fraction of sp³-hybridized carbons (Fsp3) is 0.714. The highest BCUT2D eigenvalue weighted by Crippen LogP contribution is 2.21. The molecule has 0 saturated heterocycles.